The van der Waals surface area contributed by atoms with Crippen molar-refractivity contribution in [2.75, 3.05) is 0 Å². The highest BCUT2D eigenvalue weighted by Gasteiger charge is 1.91. The first kappa shape index (κ1) is 15.1. The van der Waals surface area contributed by atoms with Crippen LogP contribution in [0.2, 0.25) is 0 Å². The Labute approximate surface area is 114 Å². The Morgan fingerprint density at radius 2 is 1.40 bits per heavy atom. The van der Waals surface area contributed by atoms with Crippen molar-refractivity contribution in [2.45, 2.75) is 0 Å². The molecule has 0 saturated carbocycles. The van der Waals surface area contributed by atoms with Gasteiger partial charge in [0.2, 0.25) is 11.9 Å². The molecule has 10 nitrogen and oxygen atoms in total. The van der Waals surface area contributed by atoms with Crippen molar-refractivity contribution in [1.29, 1.82) is 0 Å². The summed E-state index contributed by atoms with van der Waals surface area (Å²) < 4.78 is 0. The van der Waals surface area contributed by atoms with E-state index in [9.17, 15) is 0 Å². The van der Waals surface area contributed by atoms with Crippen LogP contribution < -0.4 is 22.4 Å². The third-order valence-corrected chi connectivity index (χ3v) is 1.88. The molecule has 1 aromatic carbocycles. The summed E-state index contributed by atoms with van der Waals surface area (Å²) in [5.41, 5.74) is 15.1. The molecule has 0 bridgehead atoms. The number of hydrogen-bond donors (Lipinski definition) is 6. The van der Waals surface area contributed by atoms with E-state index in [2.05, 4.69) is 20.4 Å². The second-order valence-electron chi connectivity index (χ2n) is 3.35. The highest BCUT2D eigenvalue weighted by atomic mass is 16.5. The van der Waals surface area contributed by atoms with Crippen molar-refractivity contribution < 1.29 is 10.4 Å². The summed E-state index contributed by atoms with van der Waals surface area (Å²) in [7, 11) is 0. The molecule has 1 aromatic rings. The SMILES string of the molecule is NC(=NN=Cc1cccc(C=NN=C(N)NO)c1)NO. The van der Waals surface area contributed by atoms with Crippen LogP contribution in [-0.4, -0.2) is 34.8 Å². The van der Waals surface area contributed by atoms with Gasteiger partial charge in [-0.3, -0.25) is 10.4 Å². The van der Waals surface area contributed by atoms with E-state index in [4.69, 9.17) is 21.9 Å². The van der Waals surface area contributed by atoms with E-state index in [1.807, 2.05) is 0 Å². The van der Waals surface area contributed by atoms with Crippen LogP contribution in [-0.2, 0) is 0 Å². The molecule has 0 unspecified atom stereocenters. The lowest BCUT2D eigenvalue weighted by atomic mass is 10.1. The summed E-state index contributed by atoms with van der Waals surface area (Å²) in [5, 5.41) is 31.0. The lowest BCUT2D eigenvalue weighted by molar-refractivity contribution is 0.232. The normalized spacial score (nSPS) is 13.1. The molecule has 0 radical (unpaired) electrons. The van der Waals surface area contributed by atoms with Gasteiger partial charge >= 0.3 is 0 Å². The minimum Gasteiger partial charge on any atom is -0.367 e. The molecule has 10 heteroatoms. The van der Waals surface area contributed by atoms with Crippen LogP contribution in [0.1, 0.15) is 11.1 Å². The molecule has 0 heterocycles. The Morgan fingerprint density at radius 3 is 1.80 bits per heavy atom. The Morgan fingerprint density at radius 1 is 0.950 bits per heavy atom. The second kappa shape index (κ2) is 8.18. The highest BCUT2D eigenvalue weighted by Crippen LogP contribution is 2.01. The van der Waals surface area contributed by atoms with Gasteiger partial charge in [-0.2, -0.15) is 10.2 Å². The van der Waals surface area contributed by atoms with Crippen molar-refractivity contribution in [2.24, 2.45) is 31.9 Å². The molecule has 0 saturated heterocycles. The first-order valence-electron chi connectivity index (χ1n) is 5.29. The molecule has 20 heavy (non-hydrogen) atoms. The number of hydrogen-bond acceptors (Lipinski definition) is 6. The van der Waals surface area contributed by atoms with E-state index < -0.39 is 0 Å². The summed E-state index contributed by atoms with van der Waals surface area (Å²) in [4.78, 5) is 0. The maximum absolute atomic E-state index is 8.40. The Balaban J connectivity index is 2.76. The molecule has 0 aliphatic carbocycles. The second-order valence-corrected chi connectivity index (χ2v) is 3.35. The quantitative estimate of drug-likeness (QED) is 0.233. The van der Waals surface area contributed by atoms with Crippen LogP contribution in [0.15, 0.2) is 44.7 Å². The number of nitrogens with two attached hydrogens (primary N) is 2. The van der Waals surface area contributed by atoms with Gasteiger partial charge in [-0.1, -0.05) is 18.2 Å². The Bertz CT molecular complexity index is 507. The third-order valence-electron chi connectivity index (χ3n) is 1.88. The number of benzene rings is 1. The molecule has 0 aliphatic heterocycles. The van der Waals surface area contributed by atoms with E-state index in [0.717, 1.165) is 11.1 Å². The first-order valence-corrected chi connectivity index (χ1v) is 5.29. The predicted octanol–water partition coefficient (Wildman–Crippen LogP) is -1.06. The number of nitrogens with zero attached hydrogens (tertiary/aromatic N) is 4. The molecular weight excluding hydrogens is 264 g/mol. The summed E-state index contributed by atoms with van der Waals surface area (Å²) in [5.74, 6) is -0.444. The zero-order valence-corrected chi connectivity index (χ0v) is 10.3. The molecule has 0 atom stereocenters. The zero-order valence-electron chi connectivity index (χ0n) is 10.3. The number of hydroxylamine groups is 2. The minimum absolute atomic E-state index is 0.222. The summed E-state index contributed by atoms with van der Waals surface area (Å²) in [6, 6.07) is 7.10. The fourth-order valence-electron chi connectivity index (χ4n) is 1.08. The zero-order chi connectivity index (χ0) is 14.8. The average molecular weight is 278 g/mol. The van der Waals surface area contributed by atoms with Gasteiger partial charge < -0.3 is 11.5 Å². The molecule has 0 fully saturated rings. The van der Waals surface area contributed by atoms with E-state index in [1.54, 1.807) is 35.2 Å². The minimum atomic E-state index is -0.222. The molecule has 1 rings (SSSR count). The molecular formula is C10H14N8O2. The topological polar surface area (TPSA) is 166 Å². The standard InChI is InChI=1S/C10H14N8O2/c11-9(17-19)15-13-5-7-2-1-3-8(4-7)6-14-16-10(12)18-20/h1-6,19-20H,(H3,11,15,17)(H3,12,16,18). The number of nitrogens with one attached hydrogen (secondary N) is 2. The summed E-state index contributed by atoms with van der Waals surface area (Å²) in [6.45, 7) is 0. The van der Waals surface area contributed by atoms with Crippen molar-refractivity contribution in [1.82, 2.24) is 11.0 Å². The molecule has 0 aromatic heterocycles. The van der Waals surface area contributed by atoms with Gasteiger partial charge in [0.25, 0.3) is 0 Å². The van der Waals surface area contributed by atoms with Crippen molar-refractivity contribution in [3.8, 4) is 0 Å². The Kier molecular flexibility index (Phi) is 6.17. The van der Waals surface area contributed by atoms with Gasteiger partial charge in [-0.05, 0) is 17.2 Å². The van der Waals surface area contributed by atoms with Gasteiger partial charge in [-0.15, -0.1) is 10.2 Å². The molecule has 0 aliphatic rings. The van der Waals surface area contributed by atoms with E-state index >= 15 is 0 Å². The fraction of sp³-hybridized carbons (Fsp3) is 0. The largest absolute Gasteiger partial charge is 0.367 e. The number of rotatable bonds is 4. The first-order chi connectivity index (χ1) is 9.65. The van der Waals surface area contributed by atoms with Crippen LogP contribution in [0.3, 0.4) is 0 Å². The molecule has 0 amide bonds. The fourth-order valence-corrected chi connectivity index (χ4v) is 1.08. The maximum atomic E-state index is 8.40. The lowest BCUT2D eigenvalue weighted by Crippen LogP contribution is -2.27. The Hall–Kier alpha value is -2.98. The van der Waals surface area contributed by atoms with E-state index in [0.29, 0.717) is 0 Å². The molecule has 106 valence electrons. The summed E-state index contributed by atoms with van der Waals surface area (Å²) in [6.07, 6.45) is 2.88. The predicted molar refractivity (Wildman–Crippen MR) is 74.7 cm³/mol. The number of guanidine groups is 2. The summed E-state index contributed by atoms with van der Waals surface area (Å²) >= 11 is 0. The van der Waals surface area contributed by atoms with Crippen LogP contribution in [0, 0.1) is 0 Å². The highest BCUT2D eigenvalue weighted by molar-refractivity contribution is 5.87. The van der Waals surface area contributed by atoms with Crippen LogP contribution in [0.25, 0.3) is 0 Å². The monoisotopic (exact) mass is 278 g/mol. The van der Waals surface area contributed by atoms with Gasteiger partial charge in [0.15, 0.2) is 0 Å². The van der Waals surface area contributed by atoms with Crippen molar-refractivity contribution >= 4 is 24.3 Å². The van der Waals surface area contributed by atoms with Crippen molar-refractivity contribution in [3.05, 3.63) is 35.4 Å². The molecule has 0 spiro atoms. The van der Waals surface area contributed by atoms with Crippen LogP contribution >= 0.6 is 0 Å². The third kappa shape index (κ3) is 5.57. The van der Waals surface area contributed by atoms with Crippen LogP contribution in [0.4, 0.5) is 0 Å². The molecule has 8 N–H and O–H groups in total. The van der Waals surface area contributed by atoms with Crippen molar-refractivity contribution in [3.63, 3.8) is 0 Å². The van der Waals surface area contributed by atoms with E-state index in [-0.39, 0.29) is 11.9 Å². The van der Waals surface area contributed by atoms with Crippen LogP contribution in [0.5, 0.6) is 0 Å². The lowest BCUT2D eigenvalue weighted by Gasteiger charge is -1.95. The smallest absolute Gasteiger partial charge is 0.237 e. The van der Waals surface area contributed by atoms with Gasteiger partial charge in [0.1, 0.15) is 0 Å². The maximum Gasteiger partial charge on any atom is 0.237 e. The van der Waals surface area contributed by atoms with Gasteiger partial charge in [-0.25, -0.2) is 11.0 Å². The van der Waals surface area contributed by atoms with Gasteiger partial charge in [0, 0.05) is 0 Å². The van der Waals surface area contributed by atoms with Gasteiger partial charge in [0.05, 0.1) is 12.4 Å². The van der Waals surface area contributed by atoms with E-state index in [1.165, 1.54) is 12.4 Å². The average Bonchev–Trinajstić information content (AvgIpc) is 2.47.